The SMILES string of the molecule is CCCCCCCCCC(CCCCCCC)C(C)(C)OC(C)(O)NC. The second kappa shape index (κ2) is 14.9. The van der Waals surface area contributed by atoms with Gasteiger partial charge in [-0.1, -0.05) is 90.9 Å². The molecule has 0 saturated heterocycles. The van der Waals surface area contributed by atoms with Gasteiger partial charge in [-0.15, -0.1) is 0 Å². The van der Waals surface area contributed by atoms with Crippen molar-refractivity contribution in [1.29, 1.82) is 0 Å². The van der Waals surface area contributed by atoms with E-state index in [9.17, 15) is 5.11 Å². The fraction of sp³-hybridized carbons (Fsp3) is 1.00. The quantitative estimate of drug-likeness (QED) is 0.206. The molecule has 0 aromatic carbocycles. The predicted molar refractivity (Wildman–Crippen MR) is 114 cm³/mol. The van der Waals surface area contributed by atoms with Crippen LogP contribution in [0.4, 0.5) is 0 Å². The second-order valence-corrected chi connectivity index (χ2v) is 8.75. The Labute approximate surface area is 164 Å². The molecular weight excluding hydrogens is 322 g/mol. The summed E-state index contributed by atoms with van der Waals surface area (Å²) in [6, 6.07) is 0. The number of rotatable bonds is 18. The van der Waals surface area contributed by atoms with Crippen molar-refractivity contribution >= 4 is 0 Å². The van der Waals surface area contributed by atoms with Gasteiger partial charge < -0.3 is 9.84 Å². The van der Waals surface area contributed by atoms with E-state index in [4.69, 9.17) is 4.74 Å². The number of unbranched alkanes of at least 4 members (excludes halogenated alkanes) is 10. The van der Waals surface area contributed by atoms with E-state index in [1.165, 1.54) is 89.9 Å². The Morgan fingerprint density at radius 3 is 1.50 bits per heavy atom. The van der Waals surface area contributed by atoms with Crippen LogP contribution in [0.3, 0.4) is 0 Å². The maximum atomic E-state index is 10.3. The predicted octanol–water partition coefficient (Wildman–Crippen LogP) is 6.78. The summed E-state index contributed by atoms with van der Waals surface area (Å²) in [6.07, 6.45) is 18.4. The van der Waals surface area contributed by atoms with Crippen molar-refractivity contribution in [2.45, 2.75) is 136 Å². The number of nitrogens with one attached hydrogen (secondary N) is 1. The number of hydrogen-bond acceptors (Lipinski definition) is 3. The first kappa shape index (κ1) is 25.9. The average molecular weight is 372 g/mol. The van der Waals surface area contributed by atoms with E-state index in [1.54, 1.807) is 14.0 Å². The van der Waals surface area contributed by atoms with Gasteiger partial charge in [0.25, 0.3) is 0 Å². The molecule has 2 unspecified atom stereocenters. The van der Waals surface area contributed by atoms with Crippen LogP contribution in [0, 0.1) is 5.92 Å². The summed E-state index contributed by atoms with van der Waals surface area (Å²) in [5.74, 6) is -0.760. The van der Waals surface area contributed by atoms with Crippen molar-refractivity contribution in [3.8, 4) is 0 Å². The van der Waals surface area contributed by atoms with Crippen LogP contribution in [0.5, 0.6) is 0 Å². The largest absolute Gasteiger partial charge is 0.353 e. The molecule has 0 bridgehead atoms. The van der Waals surface area contributed by atoms with Crippen LogP contribution in [0.2, 0.25) is 0 Å². The van der Waals surface area contributed by atoms with Gasteiger partial charge in [0, 0.05) is 6.92 Å². The lowest BCUT2D eigenvalue weighted by Gasteiger charge is -2.40. The lowest BCUT2D eigenvalue weighted by molar-refractivity contribution is -0.274. The molecule has 0 spiro atoms. The Bertz CT molecular complexity index is 315. The highest BCUT2D eigenvalue weighted by molar-refractivity contribution is 4.81. The molecule has 158 valence electrons. The Kier molecular flexibility index (Phi) is 14.8. The first-order valence-corrected chi connectivity index (χ1v) is 11.4. The minimum absolute atomic E-state index is 0.320. The summed E-state index contributed by atoms with van der Waals surface area (Å²) in [5.41, 5.74) is -0.320. The smallest absolute Gasteiger partial charge is 0.222 e. The monoisotopic (exact) mass is 371 g/mol. The zero-order valence-electron chi connectivity index (χ0n) is 18.8. The first-order valence-electron chi connectivity index (χ1n) is 11.4. The van der Waals surface area contributed by atoms with E-state index in [0.29, 0.717) is 5.92 Å². The van der Waals surface area contributed by atoms with Gasteiger partial charge in [-0.25, -0.2) is 0 Å². The molecule has 0 aliphatic carbocycles. The molecule has 2 N–H and O–H groups in total. The van der Waals surface area contributed by atoms with Crippen LogP contribution in [-0.4, -0.2) is 23.7 Å². The molecule has 26 heavy (non-hydrogen) atoms. The Hall–Kier alpha value is -0.120. The zero-order chi connectivity index (χ0) is 19.9. The van der Waals surface area contributed by atoms with Gasteiger partial charge in [0.15, 0.2) is 0 Å². The lowest BCUT2D eigenvalue weighted by atomic mass is 9.82. The Morgan fingerprint density at radius 2 is 1.12 bits per heavy atom. The highest BCUT2D eigenvalue weighted by atomic mass is 16.7. The molecule has 0 aliphatic rings. The van der Waals surface area contributed by atoms with E-state index in [0.717, 1.165) is 0 Å². The summed E-state index contributed by atoms with van der Waals surface area (Å²) < 4.78 is 6.07. The standard InChI is InChI=1S/C23H49NO2/c1-7-9-11-13-14-16-18-20-21(19-17-15-12-10-8-2)22(3,4)26-23(5,25)24-6/h21,24-25H,7-20H2,1-6H3. The fourth-order valence-corrected chi connectivity index (χ4v) is 3.83. The summed E-state index contributed by atoms with van der Waals surface area (Å²) in [5, 5.41) is 13.2. The van der Waals surface area contributed by atoms with Gasteiger partial charge in [0.1, 0.15) is 0 Å². The van der Waals surface area contributed by atoms with Gasteiger partial charge in [-0.2, -0.15) is 0 Å². The van der Waals surface area contributed by atoms with Crippen LogP contribution in [0.15, 0.2) is 0 Å². The Morgan fingerprint density at radius 1 is 0.731 bits per heavy atom. The fourth-order valence-electron chi connectivity index (χ4n) is 3.83. The maximum absolute atomic E-state index is 10.3. The molecule has 0 saturated carbocycles. The van der Waals surface area contributed by atoms with Crippen molar-refractivity contribution in [3.05, 3.63) is 0 Å². The normalized spacial score (nSPS) is 15.8. The van der Waals surface area contributed by atoms with Crippen molar-refractivity contribution in [2.24, 2.45) is 5.92 Å². The van der Waals surface area contributed by atoms with Gasteiger partial charge in [-0.3, -0.25) is 5.32 Å². The van der Waals surface area contributed by atoms with E-state index < -0.39 is 5.91 Å². The first-order chi connectivity index (χ1) is 12.3. The summed E-state index contributed by atoms with van der Waals surface area (Å²) in [7, 11) is 1.74. The summed E-state index contributed by atoms with van der Waals surface area (Å²) in [4.78, 5) is 0. The molecular formula is C23H49NO2. The van der Waals surface area contributed by atoms with Crippen LogP contribution < -0.4 is 5.32 Å². The van der Waals surface area contributed by atoms with Crippen LogP contribution >= 0.6 is 0 Å². The highest BCUT2D eigenvalue weighted by Crippen LogP contribution is 2.33. The molecule has 0 aromatic heterocycles. The van der Waals surface area contributed by atoms with Crippen molar-refractivity contribution in [2.75, 3.05) is 7.05 Å². The summed E-state index contributed by atoms with van der Waals surface area (Å²) in [6.45, 7) is 10.5. The van der Waals surface area contributed by atoms with Crippen LogP contribution in [-0.2, 0) is 4.74 Å². The molecule has 0 aromatic rings. The van der Waals surface area contributed by atoms with Gasteiger partial charge in [0.05, 0.1) is 5.60 Å². The van der Waals surface area contributed by atoms with E-state index in [-0.39, 0.29) is 5.60 Å². The van der Waals surface area contributed by atoms with Crippen molar-refractivity contribution in [3.63, 3.8) is 0 Å². The van der Waals surface area contributed by atoms with Gasteiger partial charge in [0.2, 0.25) is 5.91 Å². The van der Waals surface area contributed by atoms with Gasteiger partial charge in [-0.05, 0) is 39.7 Å². The molecule has 0 heterocycles. The maximum Gasteiger partial charge on any atom is 0.222 e. The topological polar surface area (TPSA) is 41.5 Å². The van der Waals surface area contributed by atoms with Crippen LogP contribution in [0.25, 0.3) is 0 Å². The van der Waals surface area contributed by atoms with Gasteiger partial charge >= 0.3 is 0 Å². The third kappa shape index (κ3) is 13.1. The average Bonchev–Trinajstić information content (AvgIpc) is 2.58. The molecule has 0 fully saturated rings. The molecule has 0 amide bonds. The Balaban J connectivity index is 4.43. The molecule has 0 aliphatic heterocycles. The van der Waals surface area contributed by atoms with Crippen molar-refractivity contribution < 1.29 is 9.84 Å². The van der Waals surface area contributed by atoms with E-state index in [2.05, 4.69) is 33.0 Å². The number of aliphatic hydroxyl groups is 1. The third-order valence-corrected chi connectivity index (χ3v) is 5.72. The highest BCUT2D eigenvalue weighted by Gasteiger charge is 2.36. The molecule has 0 radical (unpaired) electrons. The third-order valence-electron chi connectivity index (χ3n) is 5.72. The minimum Gasteiger partial charge on any atom is -0.353 e. The van der Waals surface area contributed by atoms with E-state index in [1.807, 2.05) is 0 Å². The molecule has 3 nitrogen and oxygen atoms in total. The zero-order valence-corrected chi connectivity index (χ0v) is 18.8. The number of hydrogen-bond donors (Lipinski definition) is 2. The minimum atomic E-state index is -1.26. The number of ether oxygens (including phenoxy) is 1. The lowest BCUT2D eigenvalue weighted by Crippen LogP contribution is -2.51. The van der Waals surface area contributed by atoms with Crippen LogP contribution in [0.1, 0.15) is 125 Å². The van der Waals surface area contributed by atoms with E-state index >= 15 is 0 Å². The molecule has 2 atom stereocenters. The summed E-state index contributed by atoms with van der Waals surface area (Å²) >= 11 is 0. The molecule has 0 rings (SSSR count). The molecule has 3 heteroatoms. The van der Waals surface area contributed by atoms with Crippen molar-refractivity contribution in [1.82, 2.24) is 5.32 Å². The second-order valence-electron chi connectivity index (χ2n) is 8.75.